The number of esters is 3. The standard InChI is InChI=1S/C22H30O8/c1-11(2)20(25)29-17-10-22(6,30-14(5)23)18(24)9-15(27-7)12(3)8-16-19(17)13(4)21(26)28-16/h12,15-17,19H,1,4,8-10H2,2-3,5-7H3/t12-,15-,16+,17-,19-,22+/m0/s1. The summed E-state index contributed by atoms with van der Waals surface area (Å²) in [6.45, 7) is 13.5. The molecular weight excluding hydrogens is 392 g/mol. The van der Waals surface area contributed by atoms with Crippen molar-refractivity contribution in [2.75, 3.05) is 7.11 Å². The maximum atomic E-state index is 13.2. The van der Waals surface area contributed by atoms with Crippen molar-refractivity contribution >= 4 is 23.7 Å². The average molecular weight is 422 g/mol. The van der Waals surface area contributed by atoms with Crippen LogP contribution in [0.5, 0.6) is 0 Å². The van der Waals surface area contributed by atoms with Gasteiger partial charge in [-0.1, -0.05) is 20.1 Å². The smallest absolute Gasteiger partial charge is 0.334 e. The van der Waals surface area contributed by atoms with Crippen LogP contribution in [-0.4, -0.2) is 54.7 Å². The molecule has 0 aromatic rings. The van der Waals surface area contributed by atoms with Crippen molar-refractivity contribution in [1.82, 2.24) is 0 Å². The third-order valence-corrected chi connectivity index (χ3v) is 5.81. The number of rotatable bonds is 4. The molecular formula is C22H30O8. The molecule has 6 atom stereocenters. The summed E-state index contributed by atoms with van der Waals surface area (Å²) in [5, 5.41) is 0. The largest absolute Gasteiger partial charge is 0.458 e. The Morgan fingerprint density at radius 3 is 2.37 bits per heavy atom. The summed E-state index contributed by atoms with van der Waals surface area (Å²) >= 11 is 0. The van der Waals surface area contributed by atoms with E-state index in [9.17, 15) is 19.2 Å². The highest BCUT2D eigenvalue weighted by molar-refractivity contribution is 5.92. The maximum Gasteiger partial charge on any atom is 0.334 e. The summed E-state index contributed by atoms with van der Waals surface area (Å²) in [5.41, 5.74) is -1.28. The molecule has 166 valence electrons. The van der Waals surface area contributed by atoms with Crippen LogP contribution >= 0.6 is 0 Å². The van der Waals surface area contributed by atoms with Gasteiger partial charge in [0.1, 0.15) is 12.2 Å². The van der Waals surface area contributed by atoms with Gasteiger partial charge < -0.3 is 18.9 Å². The van der Waals surface area contributed by atoms with Gasteiger partial charge in [0.05, 0.1) is 12.0 Å². The monoisotopic (exact) mass is 422 g/mol. The molecule has 0 bridgehead atoms. The first-order valence-corrected chi connectivity index (χ1v) is 9.91. The molecule has 1 aliphatic heterocycles. The fraction of sp³-hybridized carbons (Fsp3) is 0.636. The lowest BCUT2D eigenvalue weighted by Crippen LogP contribution is -2.49. The molecule has 0 aromatic heterocycles. The van der Waals surface area contributed by atoms with Gasteiger partial charge in [0.25, 0.3) is 0 Å². The quantitative estimate of drug-likeness (QED) is 0.386. The van der Waals surface area contributed by atoms with Gasteiger partial charge in [0, 0.05) is 38.0 Å². The van der Waals surface area contributed by atoms with E-state index in [4.69, 9.17) is 18.9 Å². The lowest BCUT2D eigenvalue weighted by molar-refractivity contribution is -0.174. The predicted octanol–water partition coefficient (Wildman–Crippen LogP) is 2.30. The molecule has 1 aliphatic carbocycles. The van der Waals surface area contributed by atoms with E-state index in [1.807, 2.05) is 6.92 Å². The van der Waals surface area contributed by atoms with Crippen LogP contribution in [0.1, 0.15) is 47.0 Å². The first-order valence-electron chi connectivity index (χ1n) is 9.91. The van der Waals surface area contributed by atoms with E-state index in [0.29, 0.717) is 6.42 Å². The van der Waals surface area contributed by atoms with Crippen LogP contribution in [0, 0.1) is 11.8 Å². The molecule has 0 radical (unpaired) electrons. The van der Waals surface area contributed by atoms with E-state index in [0.717, 1.165) is 0 Å². The van der Waals surface area contributed by atoms with E-state index in [1.54, 1.807) is 0 Å². The number of fused-ring (bicyclic) bond motifs is 1. The Balaban J connectivity index is 2.56. The summed E-state index contributed by atoms with van der Waals surface area (Å²) in [6, 6.07) is 0. The molecule has 0 unspecified atom stereocenters. The van der Waals surface area contributed by atoms with Crippen LogP contribution in [0.4, 0.5) is 0 Å². The predicted molar refractivity (Wildman–Crippen MR) is 106 cm³/mol. The van der Waals surface area contributed by atoms with Gasteiger partial charge in [0.15, 0.2) is 11.4 Å². The Morgan fingerprint density at radius 2 is 1.83 bits per heavy atom. The Morgan fingerprint density at radius 1 is 1.20 bits per heavy atom. The van der Waals surface area contributed by atoms with Crippen molar-refractivity contribution in [3.05, 3.63) is 24.3 Å². The van der Waals surface area contributed by atoms with Gasteiger partial charge in [-0.2, -0.15) is 0 Å². The Kier molecular flexibility index (Phi) is 7.23. The second-order valence-corrected chi connectivity index (χ2v) is 8.36. The molecule has 1 heterocycles. The molecule has 2 rings (SSSR count). The molecule has 0 amide bonds. The van der Waals surface area contributed by atoms with E-state index in [2.05, 4.69) is 13.2 Å². The molecule has 2 fully saturated rings. The highest BCUT2D eigenvalue weighted by Gasteiger charge is 2.51. The molecule has 0 spiro atoms. The van der Waals surface area contributed by atoms with Crippen LogP contribution in [-0.2, 0) is 38.1 Å². The summed E-state index contributed by atoms with van der Waals surface area (Å²) in [7, 11) is 1.50. The van der Waals surface area contributed by atoms with Gasteiger partial charge in [-0.15, -0.1) is 0 Å². The minimum atomic E-state index is -1.59. The first-order chi connectivity index (χ1) is 13.9. The number of ether oxygens (including phenoxy) is 4. The summed E-state index contributed by atoms with van der Waals surface area (Å²) in [4.78, 5) is 49.6. The zero-order valence-corrected chi connectivity index (χ0v) is 18.2. The van der Waals surface area contributed by atoms with Crippen molar-refractivity contribution in [3.63, 3.8) is 0 Å². The van der Waals surface area contributed by atoms with E-state index in [-0.39, 0.29) is 35.7 Å². The SMILES string of the molecule is C=C(C)C(=O)O[C@H]1C[C@@](C)(OC(C)=O)C(=O)C[C@H](OC)[C@@H](C)C[C@H]2OC(=O)C(=C)[C@H]12. The zero-order chi connectivity index (χ0) is 22.8. The fourth-order valence-corrected chi connectivity index (χ4v) is 4.13. The van der Waals surface area contributed by atoms with Crippen LogP contribution in [0.3, 0.4) is 0 Å². The third kappa shape index (κ3) is 4.98. The minimum Gasteiger partial charge on any atom is -0.458 e. The number of carbonyl (C=O) groups is 4. The molecule has 2 aliphatic rings. The number of Topliss-reactive ketones (excluding diaryl/α,β-unsaturated/α-hetero) is 1. The topological polar surface area (TPSA) is 105 Å². The van der Waals surface area contributed by atoms with Crippen molar-refractivity contribution in [3.8, 4) is 0 Å². The lowest BCUT2D eigenvalue weighted by Gasteiger charge is -2.38. The molecule has 0 N–H and O–H groups in total. The number of methoxy groups -OCH3 is 1. The van der Waals surface area contributed by atoms with Crippen LogP contribution in [0.2, 0.25) is 0 Å². The number of carbonyl (C=O) groups excluding carboxylic acids is 4. The van der Waals surface area contributed by atoms with Crippen LogP contribution < -0.4 is 0 Å². The lowest BCUT2D eigenvalue weighted by atomic mass is 9.76. The van der Waals surface area contributed by atoms with Crippen molar-refractivity contribution < 1.29 is 38.1 Å². The van der Waals surface area contributed by atoms with E-state index < -0.39 is 47.7 Å². The van der Waals surface area contributed by atoms with Gasteiger partial charge >= 0.3 is 17.9 Å². The molecule has 30 heavy (non-hydrogen) atoms. The zero-order valence-electron chi connectivity index (χ0n) is 18.2. The molecule has 8 heteroatoms. The molecule has 8 nitrogen and oxygen atoms in total. The van der Waals surface area contributed by atoms with Gasteiger partial charge in [-0.05, 0) is 26.2 Å². The molecule has 0 aromatic carbocycles. The second-order valence-electron chi connectivity index (χ2n) is 8.36. The van der Waals surface area contributed by atoms with Gasteiger partial charge in [-0.25, -0.2) is 9.59 Å². The maximum absolute atomic E-state index is 13.2. The Bertz CT molecular complexity index is 769. The summed E-state index contributed by atoms with van der Waals surface area (Å²) < 4.78 is 22.1. The molecule has 1 saturated carbocycles. The summed E-state index contributed by atoms with van der Waals surface area (Å²) in [6.07, 6.45) is -1.81. The van der Waals surface area contributed by atoms with Crippen molar-refractivity contribution in [1.29, 1.82) is 0 Å². The van der Waals surface area contributed by atoms with E-state index >= 15 is 0 Å². The Hall–Kier alpha value is -2.48. The second kappa shape index (κ2) is 9.12. The highest BCUT2D eigenvalue weighted by atomic mass is 16.6. The number of ketones is 1. The minimum absolute atomic E-state index is 0.00508. The van der Waals surface area contributed by atoms with Crippen LogP contribution in [0.25, 0.3) is 0 Å². The van der Waals surface area contributed by atoms with Crippen molar-refractivity contribution in [2.24, 2.45) is 11.8 Å². The highest BCUT2D eigenvalue weighted by Crippen LogP contribution is 2.41. The van der Waals surface area contributed by atoms with Gasteiger partial charge in [0.2, 0.25) is 0 Å². The number of hydrogen-bond acceptors (Lipinski definition) is 8. The summed E-state index contributed by atoms with van der Waals surface area (Å²) in [5.74, 6) is -3.12. The third-order valence-electron chi connectivity index (χ3n) is 5.81. The number of hydrogen-bond donors (Lipinski definition) is 0. The Labute approximate surface area is 176 Å². The van der Waals surface area contributed by atoms with Gasteiger partial charge in [-0.3, -0.25) is 9.59 Å². The average Bonchev–Trinajstić information content (AvgIpc) is 2.90. The van der Waals surface area contributed by atoms with Crippen molar-refractivity contribution in [2.45, 2.75) is 70.9 Å². The first kappa shape index (κ1) is 23.8. The fourth-order valence-electron chi connectivity index (χ4n) is 4.13. The van der Waals surface area contributed by atoms with Crippen LogP contribution in [0.15, 0.2) is 24.3 Å². The van der Waals surface area contributed by atoms with E-state index in [1.165, 1.54) is 27.9 Å². The molecule has 1 saturated heterocycles. The normalized spacial score (nSPS) is 34.6.